The third kappa shape index (κ3) is 1.73. The molecule has 2 heterocycles. The third-order valence-electron chi connectivity index (χ3n) is 3.56. The van der Waals surface area contributed by atoms with E-state index in [2.05, 4.69) is 10.2 Å². The lowest BCUT2D eigenvalue weighted by Gasteiger charge is -2.38. The van der Waals surface area contributed by atoms with E-state index in [1.165, 1.54) is 12.1 Å². The molecule has 2 aliphatic heterocycles. The van der Waals surface area contributed by atoms with Crippen molar-refractivity contribution in [2.75, 3.05) is 36.8 Å². The summed E-state index contributed by atoms with van der Waals surface area (Å²) in [7, 11) is 0. The lowest BCUT2D eigenvalue weighted by atomic mass is 10.1. The number of nitrogens with one attached hydrogen (secondary N) is 1. The maximum atomic E-state index is 13.0. The molecule has 0 aliphatic carbocycles. The second-order valence-electron chi connectivity index (χ2n) is 4.68. The predicted octanol–water partition coefficient (Wildman–Crippen LogP) is 0.622. The van der Waals surface area contributed by atoms with Crippen molar-refractivity contribution in [3.05, 3.63) is 24.0 Å². The van der Waals surface area contributed by atoms with Crippen LogP contribution in [0, 0.1) is 5.82 Å². The van der Waals surface area contributed by atoms with Crippen LogP contribution in [0.15, 0.2) is 18.2 Å². The first-order valence-corrected chi connectivity index (χ1v) is 5.99. The van der Waals surface area contributed by atoms with Crippen LogP contribution in [-0.2, 0) is 0 Å². The van der Waals surface area contributed by atoms with E-state index in [0.717, 1.165) is 18.8 Å². The fourth-order valence-electron chi connectivity index (χ4n) is 2.64. The van der Waals surface area contributed by atoms with Crippen LogP contribution in [0.4, 0.5) is 20.6 Å². The zero-order chi connectivity index (χ0) is 12.7. The van der Waals surface area contributed by atoms with E-state index in [0.29, 0.717) is 18.8 Å². The SMILES string of the molecule is Nc1cc(F)ccc1N1CCN2C(=O)NCC2C1. The van der Waals surface area contributed by atoms with Gasteiger partial charge in [0.05, 0.1) is 17.4 Å². The molecule has 5 nitrogen and oxygen atoms in total. The Morgan fingerprint density at radius 1 is 1.39 bits per heavy atom. The Balaban J connectivity index is 1.80. The van der Waals surface area contributed by atoms with Crippen LogP contribution < -0.4 is 16.0 Å². The summed E-state index contributed by atoms with van der Waals surface area (Å²) in [5.41, 5.74) is 7.13. The minimum Gasteiger partial charge on any atom is -0.397 e. The van der Waals surface area contributed by atoms with Gasteiger partial charge in [-0.1, -0.05) is 0 Å². The van der Waals surface area contributed by atoms with Gasteiger partial charge in [-0.05, 0) is 18.2 Å². The Bertz CT molecular complexity index is 493. The lowest BCUT2D eigenvalue weighted by Crippen LogP contribution is -2.52. The molecular weight excluding hydrogens is 235 g/mol. The van der Waals surface area contributed by atoms with Crippen LogP contribution in [0.5, 0.6) is 0 Å². The Morgan fingerprint density at radius 3 is 3.00 bits per heavy atom. The third-order valence-corrected chi connectivity index (χ3v) is 3.56. The van der Waals surface area contributed by atoms with Gasteiger partial charge in [0.1, 0.15) is 5.82 Å². The summed E-state index contributed by atoms with van der Waals surface area (Å²) >= 11 is 0. The molecule has 0 spiro atoms. The minimum absolute atomic E-state index is 0.00623. The molecule has 0 aromatic heterocycles. The number of carbonyl (C=O) groups is 1. The van der Waals surface area contributed by atoms with Gasteiger partial charge in [0.2, 0.25) is 0 Å². The van der Waals surface area contributed by atoms with Crippen LogP contribution >= 0.6 is 0 Å². The highest BCUT2D eigenvalue weighted by Gasteiger charge is 2.35. The average molecular weight is 250 g/mol. The number of nitrogens with zero attached hydrogens (tertiary/aromatic N) is 2. The van der Waals surface area contributed by atoms with Gasteiger partial charge in [0.25, 0.3) is 0 Å². The molecule has 1 aromatic rings. The van der Waals surface area contributed by atoms with Crippen molar-refractivity contribution in [3.8, 4) is 0 Å². The molecule has 2 amide bonds. The molecule has 6 heteroatoms. The highest BCUT2D eigenvalue weighted by atomic mass is 19.1. The van der Waals surface area contributed by atoms with Gasteiger partial charge in [-0.2, -0.15) is 0 Å². The van der Waals surface area contributed by atoms with Crippen molar-refractivity contribution < 1.29 is 9.18 Å². The predicted molar refractivity (Wildman–Crippen MR) is 66.9 cm³/mol. The van der Waals surface area contributed by atoms with Gasteiger partial charge in [0.15, 0.2) is 0 Å². The highest BCUT2D eigenvalue weighted by molar-refractivity contribution is 5.78. The van der Waals surface area contributed by atoms with E-state index in [-0.39, 0.29) is 17.9 Å². The number of carbonyl (C=O) groups excluding carboxylic acids is 1. The number of anilines is 2. The van der Waals surface area contributed by atoms with Crippen LogP contribution in [0.1, 0.15) is 0 Å². The number of amides is 2. The van der Waals surface area contributed by atoms with E-state index in [1.54, 1.807) is 6.07 Å². The molecule has 0 bridgehead atoms. The molecule has 3 rings (SSSR count). The largest absolute Gasteiger partial charge is 0.397 e. The number of halogens is 1. The number of fused-ring (bicyclic) bond motifs is 1. The average Bonchev–Trinajstić information content (AvgIpc) is 2.71. The summed E-state index contributed by atoms with van der Waals surface area (Å²) in [5, 5.41) is 2.83. The summed E-state index contributed by atoms with van der Waals surface area (Å²) < 4.78 is 13.0. The fraction of sp³-hybridized carbons (Fsp3) is 0.417. The zero-order valence-corrected chi connectivity index (χ0v) is 9.90. The summed E-state index contributed by atoms with van der Waals surface area (Å²) in [6.45, 7) is 2.79. The quantitative estimate of drug-likeness (QED) is 0.718. The van der Waals surface area contributed by atoms with Crippen LogP contribution in [0.25, 0.3) is 0 Å². The number of urea groups is 1. The summed E-state index contributed by atoms with van der Waals surface area (Å²) in [6.07, 6.45) is 0. The molecule has 1 unspecified atom stereocenters. The van der Waals surface area contributed by atoms with Gasteiger partial charge in [0, 0.05) is 26.2 Å². The van der Waals surface area contributed by atoms with Gasteiger partial charge in [-0.15, -0.1) is 0 Å². The zero-order valence-electron chi connectivity index (χ0n) is 9.90. The Kier molecular flexibility index (Phi) is 2.50. The van der Waals surface area contributed by atoms with E-state index < -0.39 is 0 Å². The van der Waals surface area contributed by atoms with Crippen LogP contribution in [0.3, 0.4) is 0 Å². The highest BCUT2D eigenvalue weighted by Crippen LogP contribution is 2.27. The fourth-order valence-corrected chi connectivity index (χ4v) is 2.64. The Morgan fingerprint density at radius 2 is 2.22 bits per heavy atom. The lowest BCUT2D eigenvalue weighted by molar-refractivity contribution is 0.198. The van der Waals surface area contributed by atoms with Gasteiger partial charge in [-0.3, -0.25) is 0 Å². The number of piperazine rings is 1. The first-order chi connectivity index (χ1) is 8.65. The van der Waals surface area contributed by atoms with E-state index in [1.807, 2.05) is 4.90 Å². The van der Waals surface area contributed by atoms with Crippen molar-refractivity contribution in [1.82, 2.24) is 10.2 Å². The molecule has 2 saturated heterocycles. The maximum Gasteiger partial charge on any atom is 0.317 e. The number of nitrogen functional groups attached to an aromatic ring is 1. The number of hydrogen-bond donors (Lipinski definition) is 2. The second kappa shape index (κ2) is 4.04. The van der Waals surface area contributed by atoms with E-state index >= 15 is 0 Å². The van der Waals surface area contributed by atoms with Crippen molar-refractivity contribution in [2.24, 2.45) is 0 Å². The van der Waals surface area contributed by atoms with Crippen LogP contribution in [0.2, 0.25) is 0 Å². The minimum atomic E-state index is -0.326. The molecule has 18 heavy (non-hydrogen) atoms. The molecule has 2 fully saturated rings. The Hall–Kier alpha value is -1.98. The molecule has 96 valence electrons. The molecular formula is C12H15FN4O. The number of rotatable bonds is 1. The van der Waals surface area contributed by atoms with Crippen molar-refractivity contribution >= 4 is 17.4 Å². The summed E-state index contributed by atoms with van der Waals surface area (Å²) in [5.74, 6) is -0.326. The smallest absolute Gasteiger partial charge is 0.317 e. The first-order valence-electron chi connectivity index (χ1n) is 5.99. The molecule has 1 aromatic carbocycles. The summed E-state index contributed by atoms with van der Waals surface area (Å²) in [4.78, 5) is 15.4. The van der Waals surface area contributed by atoms with Crippen LogP contribution in [-0.4, -0.2) is 43.2 Å². The van der Waals surface area contributed by atoms with Crippen molar-refractivity contribution in [1.29, 1.82) is 0 Å². The monoisotopic (exact) mass is 250 g/mol. The first kappa shape index (κ1) is 11.1. The molecule has 0 radical (unpaired) electrons. The number of nitrogens with two attached hydrogens (primary N) is 1. The van der Waals surface area contributed by atoms with Gasteiger partial charge >= 0.3 is 6.03 Å². The number of hydrogen-bond acceptors (Lipinski definition) is 3. The second-order valence-corrected chi connectivity index (χ2v) is 4.68. The van der Waals surface area contributed by atoms with Crippen molar-refractivity contribution in [2.45, 2.75) is 6.04 Å². The normalized spacial score (nSPS) is 22.9. The summed E-state index contributed by atoms with van der Waals surface area (Å²) in [6, 6.07) is 4.63. The number of benzene rings is 1. The van der Waals surface area contributed by atoms with Crippen molar-refractivity contribution in [3.63, 3.8) is 0 Å². The molecule has 3 N–H and O–H groups in total. The molecule has 1 atom stereocenters. The Labute approximate surface area is 104 Å². The molecule has 0 saturated carbocycles. The van der Waals surface area contributed by atoms with Gasteiger partial charge in [-0.25, -0.2) is 9.18 Å². The standard InChI is InChI=1S/C12H15FN4O/c13-8-1-2-11(10(14)5-8)16-3-4-17-9(7-16)6-15-12(17)18/h1-2,5,9H,3-4,6-7,14H2,(H,15,18). The van der Waals surface area contributed by atoms with E-state index in [9.17, 15) is 9.18 Å². The topological polar surface area (TPSA) is 61.6 Å². The van der Waals surface area contributed by atoms with E-state index in [4.69, 9.17) is 5.73 Å². The molecule has 2 aliphatic rings. The van der Waals surface area contributed by atoms with Gasteiger partial charge < -0.3 is 20.9 Å². The maximum absolute atomic E-state index is 13.0.